The number of rotatable bonds is 6. The van der Waals surface area contributed by atoms with Crippen molar-refractivity contribution in [3.8, 4) is 17.2 Å². The molecule has 2 N–H and O–H groups in total. The molecule has 4 aromatic rings. The van der Waals surface area contributed by atoms with Gasteiger partial charge in [0.05, 0.1) is 54.7 Å². The van der Waals surface area contributed by atoms with Gasteiger partial charge in [-0.2, -0.15) is 0 Å². The van der Waals surface area contributed by atoms with Gasteiger partial charge in [-0.3, -0.25) is 9.36 Å². The first-order chi connectivity index (χ1) is 17.4. The standard InChI is InChI=1S/C27H25ClN4O4/c1-15-24(26(33)30-20-14-22(35-3)18(28)13-23(20)36-4)25(16-8-7-9-17(12-16)34-2)32-21-11-6-5-10-19(21)31-27(32)29-15/h5-14,25H,1-4H3,(H,29,31)(H,30,33). The SMILES string of the molecule is COc1cccc(C2C(C(=O)Nc3cc(OC)c(Cl)cc3OC)=C(C)Nc3nc4ccccc4n32)c1. The predicted octanol–water partition coefficient (Wildman–Crippen LogP) is 5.64. The fraction of sp³-hybridized carbons (Fsp3) is 0.185. The number of ether oxygens (including phenoxy) is 3. The van der Waals surface area contributed by atoms with Crippen LogP contribution >= 0.6 is 11.6 Å². The van der Waals surface area contributed by atoms with Gasteiger partial charge >= 0.3 is 0 Å². The van der Waals surface area contributed by atoms with Gasteiger partial charge in [0.2, 0.25) is 5.95 Å². The monoisotopic (exact) mass is 504 g/mol. The number of hydrogen-bond acceptors (Lipinski definition) is 6. The van der Waals surface area contributed by atoms with E-state index in [4.69, 9.17) is 30.8 Å². The van der Waals surface area contributed by atoms with Crippen molar-refractivity contribution in [1.29, 1.82) is 0 Å². The normalized spacial score (nSPS) is 14.8. The molecule has 0 saturated heterocycles. The lowest BCUT2D eigenvalue weighted by molar-refractivity contribution is -0.113. The van der Waals surface area contributed by atoms with E-state index in [2.05, 4.69) is 10.6 Å². The van der Waals surface area contributed by atoms with Crippen molar-refractivity contribution in [2.75, 3.05) is 32.0 Å². The maximum atomic E-state index is 13.9. The van der Waals surface area contributed by atoms with Crippen LogP contribution in [0.4, 0.5) is 11.6 Å². The highest BCUT2D eigenvalue weighted by atomic mass is 35.5. The molecule has 0 fully saturated rings. The van der Waals surface area contributed by atoms with Crippen molar-refractivity contribution in [2.45, 2.75) is 13.0 Å². The van der Waals surface area contributed by atoms with Gasteiger partial charge in [-0.15, -0.1) is 0 Å². The van der Waals surface area contributed by atoms with E-state index in [1.165, 1.54) is 14.2 Å². The van der Waals surface area contributed by atoms with E-state index in [0.717, 1.165) is 16.6 Å². The summed E-state index contributed by atoms with van der Waals surface area (Å²) in [6.07, 6.45) is 0. The minimum absolute atomic E-state index is 0.307. The average Bonchev–Trinajstić information content (AvgIpc) is 3.26. The highest BCUT2D eigenvalue weighted by molar-refractivity contribution is 6.32. The molecule has 5 rings (SSSR count). The minimum Gasteiger partial charge on any atom is -0.497 e. The third-order valence-electron chi connectivity index (χ3n) is 6.21. The second kappa shape index (κ2) is 9.47. The Hall–Kier alpha value is -4.17. The van der Waals surface area contributed by atoms with E-state index in [9.17, 15) is 4.79 Å². The zero-order chi connectivity index (χ0) is 25.4. The number of anilines is 2. The Balaban J connectivity index is 1.65. The number of carbonyl (C=O) groups is 1. The van der Waals surface area contributed by atoms with Crippen LogP contribution in [0.5, 0.6) is 17.2 Å². The fourth-order valence-corrected chi connectivity index (χ4v) is 4.76. The number of nitrogens with zero attached hydrogens (tertiary/aromatic N) is 2. The molecule has 1 unspecified atom stereocenters. The lowest BCUT2D eigenvalue weighted by atomic mass is 9.94. The molecule has 1 amide bonds. The Kier molecular flexibility index (Phi) is 6.20. The summed E-state index contributed by atoms with van der Waals surface area (Å²) in [4.78, 5) is 18.7. The van der Waals surface area contributed by atoms with E-state index in [0.29, 0.717) is 45.2 Å². The van der Waals surface area contributed by atoms with Crippen LogP contribution in [-0.4, -0.2) is 36.8 Å². The molecule has 1 aliphatic heterocycles. The van der Waals surface area contributed by atoms with E-state index in [1.54, 1.807) is 19.2 Å². The van der Waals surface area contributed by atoms with Crippen LogP contribution in [0.3, 0.4) is 0 Å². The Morgan fingerprint density at radius 1 is 1.00 bits per heavy atom. The first-order valence-corrected chi connectivity index (χ1v) is 11.6. The number of hydrogen-bond donors (Lipinski definition) is 2. The summed E-state index contributed by atoms with van der Waals surface area (Å²) in [6, 6.07) is 18.3. The molecule has 3 aromatic carbocycles. The van der Waals surface area contributed by atoms with Crippen molar-refractivity contribution in [2.24, 2.45) is 0 Å². The number of benzene rings is 3. The summed E-state index contributed by atoms with van der Waals surface area (Å²) in [5.41, 5.74) is 4.25. The quantitative estimate of drug-likeness (QED) is 0.353. The Morgan fingerprint density at radius 3 is 2.53 bits per heavy atom. The number of methoxy groups -OCH3 is 3. The topological polar surface area (TPSA) is 86.6 Å². The lowest BCUT2D eigenvalue weighted by Crippen LogP contribution is -2.31. The molecule has 36 heavy (non-hydrogen) atoms. The van der Waals surface area contributed by atoms with Crippen molar-refractivity contribution < 1.29 is 19.0 Å². The van der Waals surface area contributed by atoms with Gasteiger partial charge in [0.15, 0.2) is 0 Å². The second-order valence-corrected chi connectivity index (χ2v) is 8.69. The van der Waals surface area contributed by atoms with Gasteiger partial charge in [0, 0.05) is 17.8 Å². The Labute approximate surface area is 213 Å². The number of amides is 1. The molecule has 8 nitrogen and oxygen atoms in total. The molecule has 9 heteroatoms. The van der Waals surface area contributed by atoms with Gasteiger partial charge in [-0.25, -0.2) is 4.98 Å². The zero-order valence-corrected chi connectivity index (χ0v) is 21.0. The molecular formula is C27H25ClN4O4. The average molecular weight is 505 g/mol. The van der Waals surface area contributed by atoms with E-state index in [-0.39, 0.29) is 5.91 Å². The van der Waals surface area contributed by atoms with Gasteiger partial charge in [0.25, 0.3) is 5.91 Å². The van der Waals surface area contributed by atoms with Gasteiger partial charge < -0.3 is 24.8 Å². The summed E-state index contributed by atoms with van der Waals surface area (Å²) < 4.78 is 18.3. The molecular weight excluding hydrogens is 480 g/mol. The smallest absolute Gasteiger partial charge is 0.255 e. The molecule has 0 spiro atoms. The highest BCUT2D eigenvalue weighted by Crippen LogP contribution is 2.41. The van der Waals surface area contributed by atoms with Crippen LogP contribution < -0.4 is 24.8 Å². The number of fused-ring (bicyclic) bond motifs is 3. The number of aromatic nitrogens is 2. The summed E-state index contributed by atoms with van der Waals surface area (Å²) in [5, 5.41) is 6.69. The fourth-order valence-electron chi connectivity index (χ4n) is 4.53. The van der Waals surface area contributed by atoms with Crippen molar-refractivity contribution in [3.63, 3.8) is 0 Å². The number of nitrogens with one attached hydrogen (secondary N) is 2. The van der Waals surface area contributed by atoms with Crippen molar-refractivity contribution in [1.82, 2.24) is 9.55 Å². The van der Waals surface area contributed by atoms with Crippen LogP contribution in [0.2, 0.25) is 5.02 Å². The summed E-state index contributed by atoms with van der Waals surface area (Å²) in [5.74, 6) is 1.89. The Morgan fingerprint density at radius 2 is 1.78 bits per heavy atom. The molecule has 0 radical (unpaired) electrons. The first kappa shape index (κ1) is 23.6. The highest BCUT2D eigenvalue weighted by Gasteiger charge is 2.34. The molecule has 1 atom stereocenters. The van der Waals surface area contributed by atoms with Gasteiger partial charge in [-0.1, -0.05) is 35.9 Å². The van der Waals surface area contributed by atoms with Crippen molar-refractivity contribution >= 4 is 40.2 Å². The number of halogens is 1. The lowest BCUT2D eigenvalue weighted by Gasteiger charge is -2.31. The molecule has 0 bridgehead atoms. The van der Waals surface area contributed by atoms with Crippen molar-refractivity contribution in [3.05, 3.63) is 82.5 Å². The van der Waals surface area contributed by atoms with Crippen LogP contribution in [0.25, 0.3) is 11.0 Å². The van der Waals surface area contributed by atoms with E-state index < -0.39 is 6.04 Å². The predicted molar refractivity (Wildman–Crippen MR) is 140 cm³/mol. The number of imidazole rings is 1. The zero-order valence-electron chi connectivity index (χ0n) is 20.3. The Bertz CT molecular complexity index is 1510. The number of allylic oxidation sites excluding steroid dienone is 1. The van der Waals surface area contributed by atoms with Gasteiger partial charge in [0.1, 0.15) is 17.2 Å². The third-order valence-corrected chi connectivity index (χ3v) is 6.50. The van der Waals surface area contributed by atoms with Crippen LogP contribution in [-0.2, 0) is 4.79 Å². The summed E-state index contributed by atoms with van der Waals surface area (Å²) >= 11 is 6.26. The minimum atomic E-state index is -0.469. The first-order valence-electron chi connectivity index (χ1n) is 11.3. The third kappa shape index (κ3) is 3.99. The van der Waals surface area contributed by atoms with Gasteiger partial charge in [-0.05, 0) is 36.8 Å². The number of carbonyl (C=O) groups excluding carboxylic acids is 1. The summed E-state index contributed by atoms with van der Waals surface area (Å²) in [6.45, 7) is 1.87. The molecule has 1 aliphatic rings. The van der Waals surface area contributed by atoms with Crippen LogP contribution in [0.1, 0.15) is 18.5 Å². The second-order valence-electron chi connectivity index (χ2n) is 8.28. The molecule has 0 aliphatic carbocycles. The molecule has 1 aromatic heterocycles. The largest absolute Gasteiger partial charge is 0.497 e. The maximum absolute atomic E-state index is 13.9. The van der Waals surface area contributed by atoms with E-state index in [1.807, 2.05) is 60.0 Å². The maximum Gasteiger partial charge on any atom is 0.255 e. The molecule has 2 heterocycles. The summed E-state index contributed by atoms with van der Waals surface area (Å²) in [7, 11) is 4.65. The number of para-hydroxylation sites is 2. The van der Waals surface area contributed by atoms with Crippen LogP contribution in [0, 0.1) is 0 Å². The van der Waals surface area contributed by atoms with Crippen LogP contribution in [0.15, 0.2) is 71.9 Å². The molecule has 184 valence electrons. The molecule has 0 saturated carbocycles. The van der Waals surface area contributed by atoms with E-state index >= 15 is 0 Å².